The number of sulfonamides is 1. The molecule has 3 rings (SSSR count). The highest BCUT2D eigenvalue weighted by Crippen LogP contribution is 2.22. The quantitative estimate of drug-likeness (QED) is 0.392. The van der Waals surface area contributed by atoms with Crippen molar-refractivity contribution in [2.24, 2.45) is 4.99 Å². The Bertz CT molecular complexity index is 1100. The molecule has 0 spiro atoms. The van der Waals surface area contributed by atoms with Crippen molar-refractivity contribution in [3.8, 4) is 5.75 Å². The van der Waals surface area contributed by atoms with Crippen LogP contribution in [-0.2, 0) is 14.8 Å². The van der Waals surface area contributed by atoms with Crippen LogP contribution in [-0.4, -0.2) is 39.2 Å². The van der Waals surface area contributed by atoms with E-state index in [2.05, 4.69) is 27.5 Å². The van der Waals surface area contributed by atoms with Crippen molar-refractivity contribution in [3.05, 3.63) is 59.7 Å². The van der Waals surface area contributed by atoms with Gasteiger partial charge in [-0.2, -0.15) is 0 Å². The summed E-state index contributed by atoms with van der Waals surface area (Å²) in [5.41, 5.74) is 5.33. The number of benzene rings is 2. The van der Waals surface area contributed by atoms with Crippen LogP contribution in [0.3, 0.4) is 0 Å². The summed E-state index contributed by atoms with van der Waals surface area (Å²) < 4.78 is 32.0. The van der Waals surface area contributed by atoms with Crippen molar-refractivity contribution >= 4 is 27.7 Å². The van der Waals surface area contributed by atoms with Crippen LogP contribution in [0, 0.1) is 0 Å². The molecule has 0 radical (unpaired) electrons. The molecule has 2 aromatic rings. The van der Waals surface area contributed by atoms with Crippen LogP contribution < -0.4 is 20.3 Å². The van der Waals surface area contributed by atoms with Crippen molar-refractivity contribution in [2.45, 2.75) is 37.5 Å². The van der Waals surface area contributed by atoms with Gasteiger partial charge < -0.3 is 4.74 Å². The first-order chi connectivity index (χ1) is 15.4. The van der Waals surface area contributed by atoms with Gasteiger partial charge in [0.2, 0.25) is 0 Å². The van der Waals surface area contributed by atoms with Gasteiger partial charge >= 0.3 is 0 Å². The zero-order valence-electron chi connectivity index (χ0n) is 17.8. The Morgan fingerprint density at radius 2 is 1.75 bits per heavy atom. The van der Waals surface area contributed by atoms with Crippen LogP contribution in [0.25, 0.3) is 0 Å². The van der Waals surface area contributed by atoms with Crippen molar-refractivity contribution in [1.82, 2.24) is 15.6 Å². The maximum Gasteiger partial charge on any atom is 0.269 e. The summed E-state index contributed by atoms with van der Waals surface area (Å²) in [6.45, 7) is 2.42. The molecule has 0 unspecified atom stereocenters. The number of fused-ring (bicyclic) bond motifs is 1. The van der Waals surface area contributed by atoms with Gasteiger partial charge in [-0.3, -0.25) is 30.2 Å². The Balaban J connectivity index is 1.46. The number of amides is 2. The number of aliphatic imine (C=N–C) groups is 1. The van der Waals surface area contributed by atoms with E-state index in [1.165, 1.54) is 18.9 Å². The number of ether oxygens (including phenoxy) is 1. The molecule has 32 heavy (non-hydrogen) atoms. The minimum absolute atomic E-state index is 0.0901. The van der Waals surface area contributed by atoms with Crippen LogP contribution in [0.2, 0.25) is 0 Å². The molecule has 2 amide bonds. The van der Waals surface area contributed by atoms with Gasteiger partial charge in [0.1, 0.15) is 18.1 Å². The summed E-state index contributed by atoms with van der Waals surface area (Å²) in [7, 11) is -3.67. The maximum absolute atomic E-state index is 12.2. The Labute approximate surface area is 187 Å². The predicted molar refractivity (Wildman–Crippen MR) is 120 cm³/mol. The lowest BCUT2D eigenvalue weighted by Crippen LogP contribution is -2.43. The van der Waals surface area contributed by atoms with E-state index in [4.69, 9.17) is 4.74 Å². The smallest absolute Gasteiger partial charge is 0.269 e. The number of rotatable bonds is 9. The summed E-state index contributed by atoms with van der Waals surface area (Å²) in [4.78, 5) is 28.4. The normalized spacial score (nSPS) is 15.0. The molecule has 10 heteroatoms. The third kappa shape index (κ3) is 6.07. The SMILES string of the molecule is CCCCCCOc1ccc(C(=O)NNC(=O)CN=C2NS(=O)(=O)c3ccccc32)cc1. The van der Waals surface area contributed by atoms with E-state index in [9.17, 15) is 18.0 Å². The molecule has 1 aliphatic heterocycles. The minimum atomic E-state index is -3.67. The molecular weight excluding hydrogens is 432 g/mol. The number of amidine groups is 1. The van der Waals surface area contributed by atoms with E-state index in [-0.39, 0.29) is 17.3 Å². The molecule has 0 fully saturated rings. The molecule has 0 atom stereocenters. The Hall–Kier alpha value is -3.40. The predicted octanol–water partition coefficient (Wildman–Crippen LogP) is 2.15. The van der Waals surface area contributed by atoms with Crippen LogP contribution in [0.4, 0.5) is 0 Å². The van der Waals surface area contributed by atoms with Crippen molar-refractivity contribution in [3.63, 3.8) is 0 Å². The average molecular weight is 459 g/mol. The first-order valence-electron chi connectivity index (χ1n) is 10.4. The second-order valence-corrected chi connectivity index (χ2v) is 8.85. The molecule has 170 valence electrons. The lowest BCUT2D eigenvalue weighted by Gasteiger charge is -2.08. The van der Waals surface area contributed by atoms with E-state index < -0.39 is 21.8 Å². The number of hydrogen-bond donors (Lipinski definition) is 3. The molecule has 2 aromatic carbocycles. The number of unbranched alkanes of at least 4 members (excludes halogenated alkanes) is 3. The van der Waals surface area contributed by atoms with Gasteiger partial charge in [-0.05, 0) is 42.8 Å². The van der Waals surface area contributed by atoms with Crippen LogP contribution in [0.5, 0.6) is 5.75 Å². The molecule has 0 aliphatic carbocycles. The lowest BCUT2D eigenvalue weighted by atomic mass is 10.2. The zero-order valence-corrected chi connectivity index (χ0v) is 18.6. The largest absolute Gasteiger partial charge is 0.494 e. The van der Waals surface area contributed by atoms with Gasteiger partial charge in [0.05, 0.1) is 11.5 Å². The van der Waals surface area contributed by atoms with E-state index in [1.54, 1.807) is 42.5 Å². The fourth-order valence-corrected chi connectivity index (χ4v) is 4.31. The Kier molecular flexibility index (Phi) is 7.82. The second kappa shape index (κ2) is 10.8. The van der Waals surface area contributed by atoms with Crippen LogP contribution >= 0.6 is 0 Å². The van der Waals surface area contributed by atoms with Gasteiger partial charge in [-0.15, -0.1) is 0 Å². The van der Waals surface area contributed by atoms with Crippen LogP contribution in [0.15, 0.2) is 58.4 Å². The number of carbonyl (C=O) groups excluding carboxylic acids is 2. The van der Waals surface area contributed by atoms with Gasteiger partial charge in [-0.25, -0.2) is 8.42 Å². The lowest BCUT2D eigenvalue weighted by molar-refractivity contribution is -0.120. The zero-order chi connectivity index (χ0) is 23.0. The monoisotopic (exact) mass is 458 g/mol. The third-order valence-electron chi connectivity index (χ3n) is 4.74. The first kappa shape index (κ1) is 23.3. The van der Waals surface area contributed by atoms with Crippen molar-refractivity contribution in [1.29, 1.82) is 0 Å². The molecule has 0 aromatic heterocycles. The van der Waals surface area contributed by atoms with E-state index >= 15 is 0 Å². The average Bonchev–Trinajstić information content (AvgIpc) is 3.06. The highest BCUT2D eigenvalue weighted by molar-refractivity contribution is 7.90. The fourth-order valence-electron chi connectivity index (χ4n) is 3.06. The van der Waals surface area contributed by atoms with Crippen molar-refractivity contribution in [2.75, 3.05) is 13.2 Å². The summed E-state index contributed by atoms with van der Waals surface area (Å²) in [5.74, 6) is -0.321. The van der Waals surface area contributed by atoms with Gasteiger partial charge in [-0.1, -0.05) is 38.3 Å². The number of hydrazine groups is 1. The molecule has 0 saturated carbocycles. The molecule has 3 N–H and O–H groups in total. The third-order valence-corrected chi connectivity index (χ3v) is 6.14. The van der Waals surface area contributed by atoms with Crippen molar-refractivity contribution < 1.29 is 22.7 Å². The van der Waals surface area contributed by atoms with Gasteiger partial charge in [0.25, 0.3) is 21.8 Å². The Morgan fingerprint density at radius 1 is 1.00 bits per heavy atom. The molecule has 9 nitrogen and oxygen atoms in total. The molecule has 0 saturated heterocycles. The highest BCUT2D eigenvalue weighted by Gasteiger charge is 2.30. The van der Waals surface area contributed by atoms with Gasteiger partial charge in [0, 0.05) is 11.1 Å². The van der Waals surface area contributed by atoms with E-state index in [0.717, 1.165) is 12.8 Å². The first-order valence-corrected chi connectivity index (χ1v) is 11.9. The summed E-state index contributed by atoms with van der Waals surface area (Å²) >= 11 is 0. The van der Waals surface area contributed by atoms with Crippen LogP contribution in [0.1, 0.15) is 48.5 Å². The van der Waals surface area contributed by atoms with E-state index in [1.807, 2.05) is 0 Å². The topological polar surface area (TPSA) is 126 Å². The molecule has 0 bridgehead atoms. The minimum Gasteiger partial charge on any atom is -0.494 e. The molecule has 1 aliphatic rings. The Morgan fingerprint density at radius 3 is 2.50 bits per heavy atom. The fraction of sp³-hybridized carbons (Fsp3) is 0.318. The second-order valence-electron chi connectivity index (χ2n) is 7.20. The number of nitrogens with zero attached hydrogens (tertiary/aromatic N) is 1. The summed E-state index contributed by atoms with van der Waals surface area (Å²) in [5, 5.41) is 0. The summed E-state index contributed by atoms with van der Waals surface area (Å²) in [6.07, 6.45) is 4.46. The number of nitrogens with one attached hydrogen (secondary N) is 3. The summed E-state index contributed by atoms with van der Waals surface area (Å²) in [6, 6.07) is 13.0. The maximum atomic E-state index is 12.2. The molecule has 1 heterocycles. The number of hydrogen-bond acceptors (Lipinski definition) is 6. The van der Waals surface area contributed by atoms with E-state index in [0.29, 0.717) is 23.5 Å². The molecular formula is C22H26N4O5S. The number of carbonyl (C=O) groups is 2. The highest BCUT2D eigenvalue weighted by atomic mass is 32.2. The standard InChI is InChI=1S/C22H26N4O5S/c1-2-3-4-7-14-31-17-12-10-16(11-13-17)22(28)25-24-20(27)15-23-21-18-8-5-6-9-19(18)32(29,30)26-21/h5-6,8-13H,2-4,7,14-15H2,1H3,(H,23,26)(H,24,27)(H,25,28). The van der Waals surface area contributed by atoms with Gasteiger partial charge in [0.15, 0.2) is 0 Å².